The Morgan fingerprint density at radius 2 is 2.03 bits per heavy atom. The molecule has 4 rings (SSSR count). The van der Waals surface area contributed by atoms with E-state index in [0.29, 0.717) is 28.0 Å². The molecule has 160 valence electrons. The summed E-state index contributed by atoms with van der Waals surface area (Å²) in [5.41, 5.74) is 0.560. The van der Waals surface area contributed by atoms with Crippen LogP contribution in [0.5, 0.6) is 5.75 Å². The monoisotopic (exact) mass is 460 g/mol. The van der Waals surface area contributed by atoms with E-state index < -0.39 is 0 Å². The number of anilines is 1. The van der Waals surface area contributed by atoms with Gasteiger partial charge in [0, 0.05) is 17.3 Å². The highest BCUT2D eigenvalue weighted by Gasteiger charge is 2.33. The SMILES string of the molecule is O=C(Nc1cccc(Cl)c1)c1nnc([C@@H]2CCCN2C(=O)COc2ccc(F)cc2)s1. The van der Waals surface area contributed by atoms with Crippen LogP contribution in [-0.4, -0.2) is 40.1 Å². The van der Waals surface area contributed by atoms with E-state index in [1.807, 2.05) is 0 Å². The molecule has 3 aromatic rings. The summed E-state index contributed by atoms with van der Waals surface area (Å²) < 4.78 is 18.5. The minimum Gasteiger partial charge on any atom is -0.484 e. The van der Waals surface area contributed by atoms with Crippen molar-refractivity contribution in [2.45, 2.75) is 18.9 Å². The highest BCUT2D eigenvalue weighted by Crippen LogP contribution is 2.34. The second-order valence-corrected chi connectivity index (χ2v) is 8.34. The molecule has 2 amide bonds. The van der Waals surface area contributed by atoms with Gasteiger partial charge in [-0.05, 0) is 55.3 Å². The molecular formula is C21H18ClFN4O3S. The van der Waals surface area contributed by atoms with Gasteiger partial charge < -0.3 is 15.0 Å². The molecule has 0 saturated carbocycles. The van der Waals surface area contributed by atoms with Crippen LogP contribution in [0.15, 0.2) is 48.5 Å². The third-order valence-electron chi connectivity index (χ3n) is 4.75. The van der Waals surface area contributed by atoms with Crippen LogP contribution in [0, 0.1) is 5.82 Å². The van der Waals surface area contributed by atoms with E-state index in [0.717, 1.165) is 24.2 Å². The van der Waals surface area contributed by atoms with E-state index in [9.17, 15) is 14.0 Å². The van der Waals surface area contributed by atoms with Crippen molar-refractivity contribution in [1.29, 1.82) is 0 Å². The Morgan fingerprint density at radius 3 is 2.81 bits per heavy atom. The fourth-order valence-corrected chi connectivity index (χ4v) is 4.37. The van der Waals surface area contributed by atoms with Gasteiger partial charge in [0.1, 0.15) is 16.6 Å². The number of halogens is 2. The van der Waals surface area contributed by atoms with Crippen molar-refractivity contribution in [3.63, 3.8) is 0 Å². The van der Waals surface area contributed by atoms with Crippen LogP contribution in [0.3, 0.4) is 0 Å². The first kappa shape index (κ1) is 21.2. The van der Waals surface area contributed by atoms with Crippen LogP contribution in [-0.2, 0) is 4.79 Å². The molecule has 0 spiro atoms. The second-order valence-electron chi connectivity index (χ2n) is 6.90. The smallest absolute Gasteiger partial charge is 0.286 e. The van der Waals surface area contributed by atoms with Crippen molar-refractivity contribution in [3.05, 3.63) is 69.4 Å². The Kier molecular flexibility index (Phi) is 6.43. The molecule has 31 heavy (non-hydrogen) atoms. The van der Waals surface area contributed by atoms with Crippen molar-refractivity contribution in [1.82, 2.24) is 15.1 Å². The number of benzene rings is 2. The average molecular weight is 461 g/mol. The lowest BCUT2D eigenvalue weighted by atomic mass is 10.2. The lowest BCUT2D eigenvalue weighted by Crippen LogP contribution is -2.34. The summed E-state index contributed by atoms with van der Waals surface area (Å²) in [6.07, 6.45) is 1.55. The van der Waals surface area contributed by atoms with Crippen LogP contribution in [0.4, 0.5) is 10.1 Å². The summed E-state index contributed by atoms with van der Waals surface area (Å²) in [4.78, 5) is 26.8. The summed E-state index contributed by atoms with van der Waals surface area (Å²) in [6.45, 7) is 0.406. The maximum absolute atomic E-state index is 13.0. The lowest BCUT2D eigenvalue weighted by Gasteiger charge is -2.22. The van der Waals surface area contributed by atoms with Gasteiger partial charge in [-0.15, -0.1) is 10.2 Å². The highest BCUT2D eigenvalue weighted by atomic mass is 35.5. The van der Waals surface area contributed by atoms with Gasteiger partial charge in [-0.3, -0.25) is 9.59 Å². The molecule has 0 unspecified atom stereocenters. The molecule has 1 aliphatic rings. The molecule has 0 aliphatic carbocycles. The topological polar surface area (TPSA) is 84.4 Å². The number of rotatable bonds is 6. The Labute approximate surface area is 186 Å². The Morgan fingerprint density at radius 1 is 1.23 bits per heavy atom. The maximum Gasteiger partial charge on any atom is 0.286 e. The minimum absolute atomic E-state index is 0.164. The number of hydrogen-bond acceptors (Lipinski definition) is 6. The number of carbonyl (C=O) groups excluding carboxylic acids is 2. The van der Waals surface area contributed by atoms with E-state index in [1.54, 1.807) is 29.2 Å². The van der Waals surface area contributed by atoms with Crippen molar-refractivity contribution < 1.29 is 18.7 Å². The van der Waals surface area contributed by atoms with Crippen molar-refractivity contribution in [2.75, 3.05) is 18.5 Å². The van der Waals surface area contributed by atoms with Gasteiger partial charge in [0.05, 0.1) is 6.04 Å². The van der Waals surface area contributed by atoms with Gasteiger partial charge in [-0.25, -0.2) is 4.39 Å². The van der Waals surface area contributed by atoms with E-state index in [4.69, 9.17) is 16.3 Å². The first-order chi connectivity index (χ1) is 15.0. The van der Waals surface area contributed by atoms with Crippen molar-refractivity contribution in [2.24, 2.45) is 0 Å². The van der Waals surface area contributed by atoms with Gasteiger partial charge in [-0.2, -0.15) is 0 Å². The Bertz CT molecular complexity index is 1090. The van der Waals surface area contributed by atoms with Gasteiger partial charge in [0.15, 0.2) is 6.61 Å². The average Bonchev–Trinajstić information content (AvgIpc) is 3.43. The molecule has 1 saturated heterocycles. The molecule has 1 aliphatic heterocycles. The summed E-state index contributed by atoms with van der Waals surface area (Å²) in [6, 6.07) is 12.1. The fraction of sp³-hybridized carbons (Fsp3) is 0.238. The molecule has 1 atom stereocenters. The number of nitrogens with one attached hydrogen (secondary N) is 1. The molecule has 0 bridgehead atoms. The number of aromatic nitrogens is 2. The molecule has 2 aromatic carbocycles. The normalized spacial score (nSPS) is 15.7. The molecule has 1 aromatic heterocycles. The molecule has 1 fully saturated rings. The highest BCUT2D eigenvalue weighted by molar-refractivity contribution is 7.13. The standard InChI is InChI=1S/C21H18ClFN4O3S/c22-13-3-1-4-15(11-13)24-19(29)21-26-25-20(31-21)17-5-2-10-27(17)18(28)12-30-16-8-6-14(23)7-9-16/h1,3-4,6-9,11,17H,2,5,10,12H2,(H,24,29)/t17-/m0/s1. The van der Waals surface area contributed by atoms with Crippen LogP contribution < -0.4 is 10.1 Å². The fourth-order valence-electron chi connectivity index (χ4n) is 3.29. The van der Waals surface area contributed by atoms with Gasteiger partial charge in [-0.1, -0.05) is 29.0 Å². The minimum atomic E-state index is -0.387. The lowest BCUT2D eigenvalue weighted by molar-refractivity contribution is -0.134. The van der Waals surface area contributed by atoms with Gasteiger partial charge >= 0.3 is 0 Å². The van der Waals surface area contributed by atoms with Crippen LogP contribution in [0.1, 0.15) is 33.7 Å². The summed E-state index contributed by atoms with van der Waals surface area (Å²) >= 11 is 7.10. The molecule has 7 nitrogen and oxygen atoms in total. The Balaban J connectivity index is 1.39. The number of nitrogens with zero attached hydrogens (tertiary/aromatic N) is 3. The molecule has 10 heteroatoms. The first-order valence-corrected chi connectivity index (χ1v) is 10.8. The van der Waals surface area contributed by atoms with Crippen molar-refractivity contribution in [3.8, 4) is 5.75 Å². The van der Waals surface area contributed by atoms with E-state index in [1.165, 1.54) is 24.3 Å². The predicted molar refractivity (Wildman–Crippen MR) is 115 cm³/mol. The molecule has 2 heterocycles. The Hall–Kier alpha value is -3.04. The van der Waals surface area contributed by atoms with E-state index in [2.05, 4.69) is 15.5 Å². The summed E-state index contributed by atoms with van der Waals surface area (Å²) in [5.74, 6) is -0.542. The van der Waals surface area contributed by atoms with E-state index >= 15 is 0 Å². The number of ether oxygens (including phenoxy) is 1. The molecular weight excluding hydrogens is 443 g/mol. The number of amides is 2. The zero-order valence-corrected chi connectivity index (χ0v) is 17.8. The third-order valence-corrected chi connectivity index (χ3v) is 6.01. The predicted octanol–water partition coefficient (Wildman–Crippen LogP) is 4.33. The van der Waals surface area contributed by atoms with Crippen LogP contribution >= 0.6 is 22.9 Å². The summed E-state index contributed by atoms with van der Waals surface area (Å²) in [5, 5.41) is 12.2. The van der Waals surface area contributed by atoms with Crippen LogP contribution in [0.25, 0.3) is 0 Å². The largest absolute Gasteiger partial charge is 0.484 e. The second kappa shape index (κ2) is 9.40. The molecule has 1 N–H and O–H groups in total. The van der Waals surface area contributed by atoms with Crippen LogP contribution in [0.2, 0.25) is 5.02 Å². The zero-order chi connectivity index (χ0) is 21.8. The van der Waals surface area contributed by atoms with Crippen molar-refractivity contribution >= 4 is 40.4 Å². The third kappa shape index (κ3) is 5.18. The summed E-state index contributed by atoms with van der Waals surface area (Å²) in [7, 11) is 0. The quantitative estimate of drug-likeness (QED) is 0.592. The number of hydrogen-bond donors (Lipinski definition) is 1. The maximum atomic E-state index is 13.0. The van der Waals surface area contributed by atoms with E-state index in [-0.39, 0.29) is 35.3 Å². The molecule has 0 radical (unpaired) electrons. The van der Waals surface area contributed by atoms with Gasteiger partial charge in [0.2, 0.25) is 5.01 Å². The number of likely N-dealkylation sites (tertiary alicyclic amines) is 1. The first-order valence-electron chi connectivity index (χ1n) is 9.58. The van der Waals surface area contributed by atoms with Gasteiger partial charge in [0.25, 0.3) is 11.8 Å². The zero-order valence-electron chi connectivity index (χ0n) is 16.3. The number of carbonyl (C=O) groups is 2.